The first-order valence-corrected chi connectivity index (χ1v) is 7.51. The normalized spacial score (nSPS) is 24.5. The van der Waals surface area contributed by atoms with Gasteiger partial charge in [-0.05, 0) is 46.5 Å². The van der Waals surface area contributed by atoms with Gasteiger partial charge in [0.2, 0.25) is 0 Å². The molecule has 1 aliphatic carbocycles. The van der Waals surface area contributed by atoms with Crippen LogP contribution in [0.25, 0.3) is 0 Å². The Labute approximate surface area is 117 Å². The van der Waals surface area contributed by atoms with Crippen LogP contribution in [0.4, 0.5) is 0 Å². The topological polar surface area (TPSA) is 43.4 Å². The molecule has 3 heteroatoms. The van der Waals surface area contributed by atoms with Gasteiger partial charge >= 0.3 is 0 Å². The predicted octanol–water partition coefficient (Wildman–Crippen LogP) is 3.40. The lowest BCUT2D eigenvalue weighted by molar-refractivity contribution is -0.146. The largest absolute Gasteiger partial charge is 0.368 e. The number of Topliss-reactive ketones (excluding diaryl/α,β-unsaturated/α-hetero) is 2. The molecule has 19 heavy (non-hydrogen) atoms. The fourth-order valence-electron chi connectivity index (χ4n) is 3.04. The number of rotatable bonds is 6. The number of hydrogen-bond donors (Lipinski definition) is 0. The van der Waals surface area contributed by atoms with Gasteiger partial charge in [0.1, 0.15) is 11.4 Å². The highest BCUT2D eigenvalue weighted by Gasteiger charge is 2.37. The smallest absolute Gasteiger partial charge is 0.167 e. The maximum Gasteiger partial charge on any atom is 0.167 e. The molecule has 0 unspecified atom stereocenters. The highest BCUT2D eigenvalue weighted by atomic mass is 16.5. The van der Waals surface area contributed by atoms with Crippen LogP contribution in [0.1, 0.15) is 60.3 Å². The van der Waals surface area contributed by atoms with Crippen molar-refractivity contribution in [1.82, 2.24) is 0 Å². The van der Waals surface area contributed by atoms with E-state index in [1.807, 2.05) is 34.6 Å². The van der Waals surface area contributed by atoms with Crippen LogP contribution in [0.2, 0.25) is 0 Å². The van der Waals surface area contributed by atoms with Crippen LogP contribution in [0.5, 0.6) is 0 Å². The Morgan fingerprint density at radius 2 is 1.58 bits per heavy atom. The van der Waals surface area contributed by atoms with Crippen molar-refractivity contribution < 1.29 is 14.3 Å². The van der Waals surface area contributed by atoms with Crippen molar-refractivity contribution in [3.8, 4) is 0 Å². The second-order valence-corrected chi connectivity index (χ2v) is 6.41. The molecule has 0 bridgehead atoms. The molecule has 110 valence electrons. The summed E-state index contributed by atoms with van der Waals surface area (Å²) in [6.45, 7) is 10.1. The molecule has 1 saturated carbocycles. The zero-order valence-corrected chi connectivity index (χ0v) is 13.0. The van der Waals surface area contributed by atoms with Crippen LogP contribution >= 0.6 is 0 Å². The van der Waals surface area contributed by atoms with Gasteiger partial charge < -0.3 is 4.74 Å². The van der Waals surface area contributed by atoms with Gasteiger partial charge in [-0.15, -0.1) is 0 Å². The average molecular weight is 268 g/mol. The van der Waals surface area contributed by atoms with E-state index < -0.39 is 5.60 Å². The van der Waals surface area contributed by atoms with Gasteiger partial charge in [-0.2, -0.15) is 0 Å². The van der Waals surface area contributed by atoms with Crippen LogP contribution in [0, 0.1) is 17.8 Å². The number of hydrogen-bond acceptors (Lipinski definition) is 3. The number of carbonyl (C=O) groups excluding carboxylic acids is 2. The van der Waals surface area contributed by atoms with E-state index in [2.05, 4.69) is 0 Å². The van der Waals surface area contributed by atoms with Crippen molar-refractivity contribution in [3.05, 3.63) is 0 Å². The van der Waals surface area contributed by atoms with Gasteiger partial charge in [0.15, 0.2) is 5.78 Å². The average Bonchev–Trinajstić information content (AvgIpc) is 2.37. The van der Waals surface area contributed by atoms with E-state index in [1.54, 1.807) is 0 Å². The molecule has 0 aromatic rings. The molecule has 3 nitrogen and oxygen atoms in total. The molecule has 0 aromatic carbocycles. The summed E-state index contributed by atoms with van der Waals surface area (Å²) in [7, 11) is 0. The summed E-state index contributed by atoms with van der Waals surface area (Å²) < 4.78 is 5.54. The van der Waals surface area contributed by atoms with Crippen molar-refractivity contribution in [2.24, 2.45) is 17.8 Å². The predicted molar refractivity (Wildman–Crippen MR) is 76.0 cm³/mol. The second-order valence-electron chi connectivity index (χ2n) is 6.41. The monoisotopic (exact) mass is 268 g/mol. The molecular formula is C16H28O3. The van der Waals surface area contributed by atoms with Gasteiger partial charge in [-0.1, -0.05) is 13.8 Å². The van der Waals surface area contributed by atoms with Crippen LogP contribution < -0.4 is 0 Å². The number of ketones is 2. The zero-order chi connectivity index (χ0) is 14.6. The molecule has 0 N–H and O–H groups in total. The van der Waals surface area contributed by atoms with Crippen molar-refractivity contribution in [2.75, 3.05) is 6.61 Å². The van der Waals surface area contributed by atoms with Gasteiger partial charge in [-0.25, -0.2) is 0 Å². The van der Waals surface area contributed by atoms with Crippen LogP contribution in [-0.2, 0) is 14.3 Å². The third kappa shape index (κ3) is 4.13. The molecule has 0 heterocycles. The molecule has 0 saturated heterocycles. The second kappa shape index (κ2) is 6.65. The van der Waals surface area contributed by atoms with Crippen LogP contribution in [0.3, 0.4) is 0 Å². The lowest BCUT2D eigenvalue weighted by Crippen LogP contribution is -2.41. The van der Waals surface area contributed by atoms with Gasteiger partial charge in [0.25, 0.3) is 0 Å². The van der Waals surface area contributed by atoms with E-state index in [0.717, 1.165) is 25.7 Å². The minimum Gasteiger partial charge on any atom is -0.368 e. The maximum absolute atomic E-state index is 12.4. The van der Waals surface area contributed by atoms with E-state index in [4.69, 9.17) is 4.74 Å². The summed E-state index contributed by atoms with van der Waals surface area (Å²) in [5.74, 6) is 0.897. The van der Waals surface area contributed by atoms with Crippen molar-refractivity contribution >= 4 is 11.6 Å². The van der Waals surface area contributed by atoms with E-state index >= 15 is 0 Å². The number of ether oxygens (including phenoxy) is 1. The molecule has 0 spiro atoms. The Balaban J connectivity index is 2.54. The number of carbonyl (C=O) groups is 2. The van der Waals surface area contributed by atoms with Crippen LogP contribution in [0.15, 0.2) is 0 Å². The van der Waals surface area contributed by atoms with Crippen molar-refractivity contribution in [1.29, 1.82) is 0 Å². The summed E-state index contributed by atoms with van der Waals surface area (Å²) in [4.78, 5) is 24.4. The fraction of sp³-hybridized carbons (Fsp3) is 0.875. The highest BCUT2D eigenvalue weighted by molar-refractivity contribution is 5.89. The third-order valence-electron chi connectivity index (χ3n) is 4.17. The van der Waals surface area contributed by atoms with Crippen molar-refractivity contribution in [2.45, 2.75) is 65.9 Å². The van der Waals surface area contributed by atoms with Crippen LogP contribution in [-0.4, -0.2) is 23.8 Å². The molecule has 0 aliphatic heterocycles. The summed E-state index contributed by atoms with van der Waals surface area (Å²) in [5, 5.41) is 0. The summed E-state index contributed by atoms with van der Waals surface area (Å²) in [6.07, 6.45) is 3.38. The highest BCUT2D eigenvalue weighted by Crippen LogP contribution is 2.34. The first-order chi connectivity index (χ1) is 8.79. The Morgan fingerprint density at radius 3 is 2.00 bits per heavy atom. The minimum atomic E-state index is -0.686. The summed E-state index contributed by atoms with van der Waals surface area (Å²) in [5.41, 5.74) is -0.686. The molecule has 0 aromatic heterocycles. The molecule has 1 aliphatic rings. The molecule has 0 radical (unpaired) electrons. The SMILES string of the molecule is CCOC(C)(C)C(=O)C1CCC(C(=O)C(C)C)CC1. The van der Waals surface area contributed by atoms with E-state index in [-0.39, 0.29) is 23.5 Å². The molecule has 1 rings (SSSR count). The Bertz CT molecular complexity index is 323. The first-order valence-electron chi connectivity index (χ1n) is 7.51. The quantitative estimate of drug-likeness (QED) is 0.741. The third-order valence-corrected chi connectivity index (χ3v) is 4.17. The van der Waals surface area contributed by atoms with Gasteiger partial charge in [0.05, 0.1) is 0 Å². The standard InChI is InChI=1S/C16H28O3/c1-6-19-16(4,5)15(18)13-9-7-12(8-10-13)14(17)11(2)3/h11-13H,6-10H2,1-5H3. The minimum absolute atomic E-state index is 0.0674. The van der Waals surface area contributed by atoms with Gasteiger partial charge in [-0.3, -0.25) is 9.59 Å². The lowest BCUT2D eigenvalue weighted by Gasteiger charge is -2.33. The Morgan fingerprint density at radius 1 is 1.11 bits per heavy atom. The molecule has 0 atom stereocenters. The Hall–Kier alpha value is -0.700. The molecule has 0 amide bonds. The van der Waals surface area contributed by atoms with Gasteiger partial charge in [0, 0.05) is 24.4 Å². The molecule has 1 fully saturated rings. The summed E-state index contributed by atoms with van der Waals surface area (Å²) >= 11 is 0. The maximum atomic E-state index is 12.4. The van der Waals surface area contributed by atoms with E-state index in [9.17, 15) is 9.59 Å². The lowest BCUT2D eigenvalue weighted by atomic mass is 9.74. The zero-order valence-electron chi connectivity index (χ0n) is 13.0. The first kappa shape index (κ1) is 16.4. The van der Waals surface area contributed by atoms with Crippen molar-refractivity contribution in [3.63, 3.8) is 0 Å². The fourth-order valence-corrected chi connectivity index (χ4v) is 3.04. The molecular weight excluding hydrogens is 240 g/mol. The van der Waals surface area contributed by atoms with E-state index in [0.29, 0.717) is 12.4 Å². The summed E-state index contributed by atoms with van der Waals surface area (Å²) in [6, 6.07) is 0. The Kier molecular flexibility index (Phi) is 5.72. The van der Waals surface area contributed by atoms with E-state index in [1.165, 1.54) is 0 Å².